The Hall–Kier alpha value is -0.720. The Morgan fingerprint density at radius 2 is 2.16 bits per heavy atom. The molecule has 0 amide bonds. The maximum atomic E-state index is 12.8. The normalized spacial score (nSPS) is 23.8. The Kier molecular flexibility index (Phi) is 4.43. The van der Waals surface area contributed by atoms with Gasteiger partial charge in [0.1, 0.15) is 0 Å². The van der Waals surface area contributed by atoms with Crippen molar-refractivity contribution in [1.82, 2.24) is 0 Å². The van der Waals surface area contributed by atoms with E-state index >= 15 is 0 Å². The molecule has 2 atom stereocenters. The summed E-state index contributed by atoms with van der Waals surface area (Å²) < 4.78 is 43.7. The molecule has 0 aromatic heterocycles. The van der Waals surface area contributed by atoms with Gasteiger partial charge in [0, 0.05) is 23.3 Å². The zero-order valence-corrected chi connectivity index (χ0v) is 11.4. The molecular weight excluding hydrogens is 275 g/mol. The van der Waals surface area contributed by atoms with Crippen LogP contribution in [0, 0.1) is 0 Å². The highest BCUT2D eigenvalue weighted by Crippen LogP contribution is 2.37. The molecule has 19 heavy (non-hydrogen) atoms. The summed E-state index contributed by atoms with van der Waals surface area (Å²) in [5, 5.41) is 0.294. The Morgan fingerprint density at radius 1 is 1.42 bits per heavy atom. The van der Waals surface area contributed by atoms with Crippen LogP contribution in [0.4, 0.5) is 13.2 Å². The second kappa shape index (κ2) is 5.73. The standard InChI is InChI=1S/C13H16F3NOS/c1-8-12(4-5-18-8)19-10-2-3-11(13(14,15)16)9(6-10)7-17/h2-3,6,8,12H,4-5,7,17H2,1H3. The van der Waals surface area contributed by atoms with Crippen molar-refractivity contribution in [1.29, 1.82) is 0 Å². The predicted molar refractivity (Wildman–Crippen MR) is 69.0 cm³/mol. The van der Waals surface area contributed by atoms with Gasteiger partial charge in [-0.05, 0) is 37.1 Å². The van der Waals surface area contributed by atoms with Gasteiger partial charge in [0.2, 0.25) is 0 Å². The minimum atomic E-state index is -4.35. The van der Waals surface area contributed by atoms with Gasteiger partial charge in [0.05, 0.1) is 11.7 Å². The van der Waals surface area contributed by atoms with Crippen molar-refractivity contribution < 1.29 is 17.9 Å². The van der Waals surface area contributed by atoms with Crippen molar-refractivity contribution >= 4 is 11.8 Å². The molecule has 0 saturated carbocycles. The van der Waals surface area contributed by atoms with Crippen LogP contribution in [-0.4, -0.2) is 18.0 Å². The molecule has 1 saturated heterocycles. The summed E-state index contributed by atoms with van der Waals surface area (Å²) in [6, 6.07) is 4.17. The number of hydrogen-bond donors (Lipinski definition) is 1. The number of hydrogen-bond acceptors (Lipinski definition) is 3. The lowest BCUT2D eigenvalue weighted by Crippen LogP contribution is -2.14. The third-order valence-corrected chi connectivity index (χ3v) is 4.64. The average molecular weight is 291 g/mol. The van der Waals surface area contributed by atoms with Crippen LogP contribution in [-0.2, 0) is 17.5 Å². The van der Waals surface area contributed by atoms with E-state index in [9.17, 15) is 13.2 Å². The van der Waals surface area contributed by atoms with E-state index in [1.807, 2.05) is 6.92 Å². The molecule has 0 radical (unpaired) electrons. The minimum absolute atomic E-state index is 0.111. The molecule has 106 valence electrons. The van der Waals surface area contributed by atoms with Crippen LogP contribution in [0.5, 0.6) is 0 Å². The van der Waals surface area contributed by atoms with E-state index in [2.05, 4.69) is 0 Å². The van der Waals surface area contributed by atoms with E-state index in [1.54, 1.807) is 17.8 Å². The van der Waals surface area contributed by atoms with E-state index in [0.717, 1.165) is 17.4 Å². The van der Waals surface area contributed by atoms with Crippen LogP contribution in [0.25, 0.3) is 0 Å². The molecule has 1 heterocycles. The monoisotopic (exact) mass is 291 g/mol. The SMILES string of the molecule is CC1OCCC1Sc1ccc(C(F)(F)F)c(CN)c1. The summed E-state index contributed by atoms with van der Waals surface area (Å²) in [6.07, 6.45) is -3.29. The maximum absolute atomic E-state index is 12.8. The van der Waals surface area contributed by atoms with Crippen molar-refractivity contribution in [3.8, 4) is 0 Å². The fourth-order valence-corrected chi connectivity index (χ4v) is 3.32. The van der Waals surface area contributed by atoms with Crippen LogP contribution in [0.2, 0.25) is 0 Å². The lowest BCUT2D eigenvalue weighted by molar-refractivity contribution is -0.138. The molecule has 1 fully saturated rings. The fraction of sp³-hybridized carbons (Fsp3) is 0.538. The van der Waals surface area contributed by atoms with Gasteiger partial charge < -0.3 is 10.5 Å². The van der Waals surface area contributed by atoms with Crippen LogP contribution >= 0.6 is 11.8 Å². The zero-order chi connectivity index (χ0) is 14.0. The molecule has 1 aromatic rings. The van der Waals surface area contributed by atoms with Crippen LogP contribution in [0.15, 0.2) is 23.1 Å². The van der Waals surface area contributed by atoms with E-state index in [0.29, 0.717) is 11.9 Å². The Balaban J connectivity index is 2.19. The number of ether oxygens (including phenoxy) is 1. The molecule has 2 unspecified atom stereocenters. The van der Waals surface area contributed by atoms with E-state index in [1.165, 1.54) is 6.07 Å². The number of halogens is 3. The van der Waals surface area contributed by atoms with Crippen molar-refractivity contribution in [3.05, 3.63) is 29.3 Å². The second-order valence-corrected chi connectivity index (χ2v) is 5.85. The molecule has 2 rings (SSSR count). The van der Waals surface area contributed by atoms with Crippen molar-refractivity contribution in [3.63, 3.8) is 0 Å². The molecule has 6 heteroatoms. The molecular formula is C13H16F3NOS. The number of benzene rings is 1. The lowest BCUT2D eigenvalue weighted by atomic mass is 10.1. The van der Waals surface area contributed by atoms with Crippen LogP contribution in [0.3, 0.4) is 0 Å². The van der Waals surface area contributed by atoms with Gasteiger partial charge in [-0.15, -0.1) is 11.8 Å². The molecule has 0 bridgehead atoms. The van der Waals surface area contributed by atoms with Gasteiger partial charge in [0.15, 0.2) is 0 Å². The molecule has 1 aromatic carbocycles. The Labute approximate surface area is 114 Å². The second-order valence-electron chi connectivity index (χ2n) is 4.54. The first-order chi connectivity index (χ1) is 8.91. The number of alkyl halides is 3. The summed E-state index contributed by atoms with van der Waals surface area (Å²) in [7, 11) is 0. The molecule has 0 aliphatic carbocycles. The highest BCUT2D eigenvalue weighted by molar-refractivity contribution is 8.00. The van der Waals surface area contributed by atoms with Gasteiger partial charge >= 0.3 is 6.18 Å². The quantitative estimate of drug-likeness (QED) is 0.926. The van der Waals surface area contributed by atoms with Crippen molar-refractivity contribution in [2.75, 3.05) is 6.61 Å². The summed E-state index contributed by atoms with van der Waals surface area (Å²) in [5.74, 6) is 0. The Bertz CT molecular complexity index is 450. The number of thioether (sulfide) groups is 1. The largest absolute Gasteiger partial charge is 0.416 e. The average Bonchev–Trinajstić information content (AvgIpc) is 2.73. The van der Waals surface area contributed by atoms with Gasteiger partial charge in [-0.1, -0.05) is 0 Å². The predicted octanol–water partition coefficient (Wildman–Crippen LogP) is 3.43. The number of nitrogens with two attached hydrogens (primary N) is 1. The van der Waals surface area contributed by atoms with Crippen molar-refractivity contribution in [2.45, 2.75) is 42.3 Å². The van der Waals surface area contributed by atoms with Gasteiger partial charge in [0.25, 0.3) is 0 Å². The molecule has 1 aliphatic heterocycles. The third-order valence-electron chi connectivity index (χ3n) is 3.20. The Morgan fingerprint density at radius 3 is 2.68 bits per heavy atom. The van der Waals surface area contributed by atoms with Gasteiger partial charge in [-0.3, -0.25) is 0 Å². The van der Waals surface area contributed by atoms with Crippen LogP contribution in [0.1, 0.15) is 24.5 Å². The molecule has 2 nitrogen and oxygen atoms in total. The van der Waals surface area contributed by atoms with E-state index in [-0.39, 0.29) is 18.2 Å². The minimum Gasteiger partial charge on any atom is -0.377 e. The molecule has 1 aliphatic rings. The first kappa shape index (κ1) is 14.7. The van der Waals surface area contributed by atoms with Gasteiger partial charge in [-0.25, -0.2) is 0 Å². The third kappa shape index (κ3) is 3.43. The fourth-order valence-electron chi connectivity index (χ4n) is 2.13. The molecule has 2 N–H and O–H groups in total. The zero-order valence-electron chi connectivity index (χ0n) is 10.5. The summed E-state index contributed by atoms with van der Waals surface area (Å²) in [5.41, 5.74) is 4.92. The van der Waals surface area contributed by atoms with Crippen LogP contribution < -0.4 is 5.73 Å². The first-order valence-corrected chi connectivity index (χ1v) is 6.98. The lowest BCUT2D eigenvalue weighted by Gasteiger charge is -2.16. The van der Waals surface area contributed by atoms with E-state index < -0.39 is 11.7 Å². The summed E-state index contributed by atoms with van der Waals surface area (Å²) in [4.78, 5) is 0.816. The summed E-state index contributed by atoms with van der Waals surface area (Å²) >= 11 is 1.56. The maximum Gasteiger partial charge on any atom is 0.416 e. The van der Waals surface area contributed by atoms with Crippen molar-refractivity contribution in [2.24, 2.45) is 5.73 Å². The smallest absolute Gasteiger partial charge is 0.377 e. The topological polar surface area (TPSA) is 35.2 Å². The first-order valence-electron chi connectivity index (χ1n) is 6.10. The van der Waals surface area contributed by atoms with E-state index in [4.69, 9.17) is 10.5 Å². The summed E-state index contributed by atoms with van der Waals surface area (Å²) in [6.45, 7) is 2.59. The van der Waals surface area contributed by atoms with Gasteiger partial charge in [-0.2, -0.15) is 13.2 Å². The molecule has 0 spiro atoms. The number of rotatable bonds is 3. The highest BCUT2D eigenvalue weighted by atomic mass is 32.2. The highest BCUT2D eigenvalue weighted by Gasteiger charge is 2.33.